The van der Waals surface area contributed by atoms with Gasteiger partial charge in [-0.3, -0.25) is 4.79 Å². The van der Waals surface area contributed by atoms with Gasteiger partial charge >= 0.3 is 5.92 Å². The van der Waals surface area contributed by atoms with Gasteiger partial charge in [-0.15, -0.1) is 0 Å². The summed E-state index contributed by atoms with van der Waals surface area (Å²) in [5.74, 6) is -4.61. The second-order valence-corrected chi connectivity index (χ2v) is 4.45. The highest BCUT2D eigenvalue weighted by atomic mass is 19.3. The van der Waals surface area contributed by atoms with Crippen molar-refractivity contribution >= 4 is 5.91 Å². The summed E-state index contributed by atoms with van der Waals surface area (Å²) in [4.78, 5) is 11.5. The maximum atomic E-state index is 13.8. The molecule has 1 amide bonds. The van der Waals surface area contributed by atoms with Crippen molar-refractivity contribution in [3.05, 3.63) is 35.9 Å². The molecule has 4 heteroatoms. The Morgan fingerprint density at radius 3 is 2.18 bits per heavy atom. The van der Waals surface area contributed by atoms with E-state index in [4.69, 9.17) is 0 Å². The predicted molar refractivity (Wildman–Crippen MR) is 62.8 cm³/mol. The van der Waals surface area contributed by atoms with Gasteiger partial charge in [0.25, 0.3) is 5.91 Å². The topological polar surface area (TPSA) is 29.1 Å². The SMILES string of the molecule is CC(C)C(C)NC(=O)C(F)(F)c1ccccc1. The molecular formula is C13H17F2NO. The van der Waals surface area contributed by atoms with Crippen LogP contribution in [-0.4, -0.2) is 11.9 Å². The largest absolute Gasteiger partial charge is 0.349 e. The normalized spacial score (nSPS) is 13.5. The molecule has 1 aromatic rings. The number of nitrogens with one attached hydrogen (secondary N) is 1. The Labute approximate surface area is 100 Å². The van der Waals surface area contributed by atoms with Crippen LogP contribution in [0.4, 0.5) is 8.78 Å². The van der Waals surface area contributed by atoms with Gasteiger partial charge in [0.05, 0.1) is 0 Å². The average Bonchev–Trinajstić information content (AvgIpc) is 2.29. The average molecular weight is 241 g/mol. The highest BCUT2D eigenvalue weighted by Crippen LogP contribution is 2.28. The third kappa shape index (κ3) is 3.25. The second-order valence-electron chi connectivity index (χ2n) is 4.45. The first-order valence-corrected chi connectivity index (χ1v) is 5.60. The molecule has 0 radical (unpaired) electrons. The van der Waals surface area contributed by atoms with Crippen molar-refractivity contribution in [2.24, 2.45) is 5.92 Å². The van der Waals surface area contributed by atoms with Gasteiger partial charge in [0, 0.05) is 11.6 Å². The summed E-state index contributed by atoms with van der Waals surface area (Å²) in [6.07, 6.45) is 0. The van der Waals surface area contributed by atoms with E-state index in [1.54, 1.807) is 13.0 Å². The first-order valence-electron chi connectivity index (χ1n) is 5.60. The van der Waals surface area contributed by atoms with Gasteiger partial charge in [0.2, 0.25) is 0 Å². The minimum Gasteiger partial charge on any atom is -0.348 e. The zero-order chi connectivity index (χ0) is 13.1. The molecule has 0 aliphatic rings. The van der Waals surface area contributed by atoms with Crippen molar-refractivity contribution in [1.29, 1.82) is 0 Å². The number of hydrogen-bond donors (Lipinski definition) is 1. The Kier molecular flexibility index (Phi) is 4.21. The molecule has 0 aliphatic carbocycles. The third-order valence-electron chi connectivity index (χ3n) is 2.78. The monoisotopic (exact) mass is 241 g/mol. The minimum atomic E-state index is -3.48. The highest BCUT2D eigenvalue weighted by molar-refractivity contribution is 5.84. The number of alkyl halides is 2. The van der Waals surface area contributed by atoms with Gasteiger partial charge in [-0.1, -0.05) is 44.2 Å². The number of halogens is 2. The number of carbonyl (C=O) groups excluding carboxylic acids is 1. The first-order chi connectivity index (χ1) is 7.85. The maximum absolute atomic E-state index is 13.8. The Balaban J connectivity index is 2.81. The van der Waals surface area contributed by atoms with Gasteiger partial charge in [-0.05, 0) is 12.8 Å². The van der Waals surface area contributed by atoms with Crippen LogP contribution in [0, 0.1) is 5.92 Å². The molecule has 1 atom stereocenters. The molecule has 1 N–H and O–H groups in total. The molecule has 17 heavy (non-hydrogen) atoms. The Bertz CT molecular complexity index is 376. The molecule has 2 nitrogen and oxygen atoms in total. The van der Waals surface area contributed by atoms with E-state index < -0.39 is 11.8 Å². The van der Waals surface area contributed by atoms with Crippen LogP contribution >= 0.6 is 0 Å². The summed E-state index contributed by atoms with van der Waals surface area (Å²) in [6.45, 7) is 5.45. The van der Waals surface area contributed by atoms with E-state index >= 15 is 0 Å². The Morgan fingerprint density at radius 1 is 1.18 bits per heavy atom. The van der Waals surface area contributed by atoms with Crippen LogP contribution in [0.2, 0.25) is 0 Å². The van der Waals surface area contributed by atoms with Crippen LogP contribution in [0.5, 0.6) is 0 Å². The lowest BCUT2D eigenvalue weighted by molar-refractivity contribution is -0.148. The van der Waals surface area contributed by atoms with Crippen LogP contribution in [0.15, 0.2) is 30.3 Å². The zero-order valence-corrected chi connectivity index (χ0v) is 10.2. The van der Waals surface area contributed by atoms with Crippen LogP contribution in [-0.2, 0) is 10.7 Å². The smallest absolute Gasteiger partial charge is 0.348 e. The van der Waals surface area contributed by atoms with Crippen molar-refractivity contribution in [1.82, 2.24) is 5.32 Å². The maximum Gasteiger partial charge on any atom is 0.349 e. The van der Waals surface area contributed by atoms with Crippen molar-refractivity contribution in [2.45, 2.75) is 32.7 Å². The quantitative estimate of drug-likeness (QED) is 0.862. The van der Waals surface area contributed by atoms with Gasteiger partial charge in [0.15, 0.2) is 0 Å². The lowest BCUT2D eigenvalue weighted by Gasteiger charge is -2.22. The molecule has 1 unspecified atom stereocenters. The fourth-order valence-corrected chi connectivity index (χ4v) is 1.24. The lowest BCUT2D eigenvalue weighted by atomic mass is 10.0. The standard InChI is InChI=1S/C13H17F2NO/c1-9(2)10(3)16-12(17)13(14,15)11-7-5-4-6-8-11/h4-10H,1-3H3,(H,16,17). The molecule has 0 spiro atoms. The summed E-state index contributed by atoms with van der Waals surface area (Å²) in [5.41, 5.74) is -0.284. The van der Waals surface area contributed by atoms with Crippen molar-refractivity contribution < 1.29 is 13.6 Å². The van der Waals surface area contributed by atoms with E-state index in [2.05, 4.69) is 5.32 Å². The number of rotatable bonds is 4. The lowest BCUT2D eigenvalue weighted by Crippen LogP contribution is -2.44. The summed E-state index contributed by atoms with van der Waals surface area (Å²) in [7, 11) is 0. The minimum absolute atomic E-state index is 0.116. The van der Waals surface area contributed by atoms with Gasteiger partial charge in [-0.25, -0.2) is 0 Å². The van der Waals surface area contributed by atoms with Gasteiger partial charge < -0.3 is 5.32 Å². The van der Waals surface area contributed by atoms with Crippen molar-refractivity contribution in [3.8, 4) is 0 Å². The summed E-state index contributed by atoms with van der Waals surface area (Å²) < 4.78 is 27.5. The number of hydrogen-bond acceptors (Lipinski definition) is 1. The summed E-state index contributed by atoms with van der Waals surface area (Å²) in [6, 6.07) is 6.83. The molecule has 0 aliphatic heterocycles. The van der Waals surface area contributed by atoms with E-state index in [-0.39, 0.29) is 17.5 Å². The predicted octanol–water partition coefficient (Wildman–Crippen LogP) is 2.94. The van der Waals surface area contributed by atoms with Gasteiger partial charge in [-0.2, -0.15) is 8.78 Å². The molecule has 0 bridgehead atoms. The second kappa shape index (κ2) is 5.25. The molecule has 1 aromatic carbocycles. The summed E-state index contributed by atoms with van der Waals surface area (Å²) >= 11 is 0. The third-order valence-corrected chi connectivity index (χ3v) is 2.78. The van der Waals surface area contributed by atoms with Gasteiger partial charge in [0.1, 0.15) is 0 Å². The molecule has 0 aromatic heterocycles. The molecule has 94 valence electrons. The van der Waals surface area contributed by atoms with E-state index in [9.17, 15) is 13.6 Å². The van der Waals surface area contributed by atoms with Crippen LogP contribution in [0.1, 0.15) is 26.3 Å². The zero-order valence-electron chi connectivity index (χ0n) is 10.2. The molecule has 1 rings (SSSR count). The molecule has 0 saturated carbocycles. The van der Waals surface area contributed by atoms with Crippen molar-refractivity contribution in [2.75, 3.05) is 0 Å². The Hall–Kier alpha value is -1.45. The number of benzene rings is 1. The number of carbonyl (C=O) groups is 1. The highest BCUT2D eigenvalue weighted by Gasteiger charge is 2.41. The molecule has 0 heterocycles. The van der Waals surface area contributed by atoms with Crippen molar-refractivity contribution in [3.63, 3.8) is 0 Å². The molecular weight excluding hydrogens is 224 g/mol. The van der Waals surface area contributed by atoms with Crippen LogP contribution in [0.25, 0.3) is 0 Å². The fraction of sp³-hybridized carbons (Fsp3) is 0.462. The Morgan fingerprint density at radius 2 is 1.71 bits per heavy atom. The molecule has 0 saturated heterocycles. The number of amides is 1. The van der Waals surface area contributed by atoms with E-state index in [0.29, 0.717) is 0 Å². The summed E-state index contributed by atoms with van der Waals surface area (Å²) in [5, 5.41) is 2.33. The van der Waals surface area contributed by atoms with E-state index in [0.717, 1.165) is 0 Å². The van der Waals surface area contributed by atoms with Crippen LogP contribution < -0.4 is 5.32 Å². The fourth-order valence-electron chi connectivity index (χ4n) is 1.24. The first kappa shape index (κ1) is 13.6. The molecule has 0 fully saturated rings. The van der Waals surface area contributed by atoms with Crippen LogP contribution in [0.3, 0.4) is 0 Å². The van der Waals surface area contributed by atoms with E-state index in [1.165, 1.54) is 24.3 Å². The van der Waals surface area contributed by atoms with E-state index in [1.807, 2.05) is 13.8 Å².